The Labute approximate surface area is 170 Å². The predicted molar refractivity (Wildman–Crippen MR) is 106 cm³/mol. The molecule has 0 spiro atoms. The van der Waals surface area contributed by atoms with Crippen LogP contribution in [0.2, 0.25) is 5.02 Å². The summed E-state index contributed by atoms with van der Waals surface area (Å²) < 4.78 is 0. The summed E-state index contributed by atoms with van der Waals surface area (Å²) in [5.74, 6) is -1.25. The Morgan fingerprint density at radius 3 is 2.52 bits per heavy atom. The third-order valence-corrected chi connectivity index (χ3v) is 4.95. The van der Waals surface area contributed by atoms with E-state index in [0.717, 1.165) is 16.5 Å². The number of amides is 4. The molecule has 9 nitrogen and oxygen atoms in total. The maximum absolute atomic E-state index is 12.9. The van der Waals surface area contributed by atoms with Crippen molar-refractivity contribution in [1.29, 1.82) is 0 Å². The third kappa shape index (κ3) is 3.90. The zero-order valence-electron chi connectivity index (χ0n) is 15.6. The number of nitrogens with one attached hydrogen (secondary N) is 2. The Morgan fingerprint density at radius 1 is 1.24 bits per heavy atom. The number of urea groups is 1. The standard InChI is InChI=1S/C19H17ClN4O5/c1-11-3-5-12(6-4-11)19(2)17(26)23(18(27)22-19)10-16(25)21-13-7-8-14(20)15(9-13)24(28)29/h3-9H,10H2,1-2H3,(H,21,25)(H,22,27)/t19-/m0/s1. The Hall–Kier alpha value is -3.46. The minimum Gasteiger partial charge on any atom is -0.324 e. The van der Waals surface area contributed by atoms with Gasteiger partial charge in [-0.05, 0) is 31.5 Å². The highest BCUT2D eigenvalue weighted by Crippen LogP contribution is 2.30. The third-order valence-electron chi connectivity index (χ3n) is 4.63. The van der Waals surface area contributed by atoms with Crippen molar-refractivity contribution in [2.45, 2.75) is 19.4 Å². The van der Waals surface area contributed by atoms with E-state index in [2.05, 4.69) is 10.6 Å². The summed E-state index contributed by atoms with van der Waals surface area (Å²) in [6.45, 7) is 2.93. The molecular formula is C19H17ClN4O5. The summed E-state index contributed by atoms with van der Waals surface area (Å²) >= 11 is 5.74. The van der Waals surface area contributed by atoms with Crippen LogP contribution in [0, 0.1) is 17.0 Å². The molecule has 0 unspecified atom stereocenters. The lowest BCUT2D eigenvalue weighted by molar-refractivity contribution is -0.384. The maximum atomic E-state index is 12.9. The van der Waals surface area contributed by atoms with E-state index < -0.39 is 34.9 Å². The average molecular weight is 417 g/mol. The molecule has 1 fully saturated rings. The van der Waals surface area contributed by atoms with Crippen molar-refractivity contribution < 1.29 is 19.3 Å². The Bertz CT molecular complexity index is 1020. The molecule has 1 aliphatic rings. The number of aryl methyl sites for hydroxylation is 1. The first-order valence-corrected chi connectivity index (χ1v) is 8.94. The molecule has 2 aromatic rings. The summed E-state index contributed by atoms with van der Waals surface area (Å²) in [5, 5.41) is 15.9. The number of nitro groups is 1. The molecular weight excluding hydrogens is 400 g/mol. The number of hydrogen-bond donors (Lipinski definition) is 2. The average Bonchev–Trinajstić information content (AvgIpc) is 2.87. The topological polar surface area (TPSA) is 122 Å². The molecule has 1 aliphatic heterocycles. The highest BCUT2D eigenvalue weighted by molar-refractivity contribution is 6.32. The second kappa shape index (κ2) is 7.51. The molecule has 0 radical (unpaired) electrons. The van der Waals surface area contributed by atoms with Crippen molar-refractivity contribution in [3.63, 3.8) is 0 Å². The number of carbonyl (C=O) groups is 3. The van der Waals surface area contributed by atoms with Gasteiger partial charge in [-0.15, -0.1) is 0 Å². The number of halogens is 1. The molecule has 0 aromatic heterocycles. The van der Waals surface area contributed by atoms with Crippen LogP contribution in [0.3, 0.4) is 0 Å². The van der Waals surface area contributed by atoms with Crippen LogP contribution in [0.25, 0.3) is 0 Å². The van der Waals surface area contributed by atoms with Crippen LogP contribution >= 0.6 is 11.6 Å². The van der Waals surface area contributed by atoms with E-state index >= 15 is 0 Å². The van der Waals surface area contributed by atoms with Crippen LogP contribution in [-0.2, 0) is 15.1 Å². The van der Waals surface area contributed by atoms with Gasteiger partial charge in [0.25, 0.3) is 11.6 Å². The van der Waals surface area contributed by atoms with Crippen LogP contribution < -0.4 is 10.6 Å². The molecule has 1 heterocycles. The van der Waals surface area contributed by atoms with Crippen molar-refractivity contribution in [2.75, 3.05) is 11.9 Å². The van der Waals surface area contributed by atoms with E-state index in [0.29, 0.717) is 5.56 Å². The van der Waals surface area contributed by atoms with Gasteiger partial charge in [-0.3, -0.25) is 24.6 Å². The number of benzene rings is 2. The zero-order valence-corrected chi connectivity index (χ0v) is 16.3. The minimum atomic E-state index is -1.29. The lowest BCUT2D eigenvalue weighted by atomic mass is 9.91. The molecule has 29 heavy (non-hydrogen) atoms. The van der Waals surface area contributed by atoms with Gasteiger partial charge in [-0.2, -0.15) is 0 Å². The zero-order chi connectivity index (χ0) is 21.3. The van der Waals surface area contributed by atoms with Gasteiger partial charge in [-0.25, -0.2) is 4.79 Å². The first-order chi connectivity index (χ1) is 13.6. The first kappa shape index (κ1) is 20.3. The van der Waals surface area contributed by atoms with Crippen molar-refractivity contribution in [1.82, 2.24) is 10.2 Å². The molecule has 0 saturated carbocycles. The number of imide groups is 1. The Balaban J connectivity index is 1.75. The summed E-state index contributed by atoms with van der Waals surface area (Å²) in [4.78, 5) is 48.6. The van der Waals surface area contributed by atoms with Gasteiger partial charge < -0.3 is 10.6 Å². The van der Waals surface area contributed by atoms with Crippen molar-refractivity contribution in [3.05, 3.63) is 68.7 Å². The fraction of sp³-hybridized carbons (Fsp3) is 0.211. The monoisotopic (exact) mass is 416 g/mol. The molecule has 0 aliphatic carbocycles. The second-order valence-electron chi connectivity index (χ2n) is 6.78. The van der Waals surface area contributed by atoms with Gasteiger partial charge in [0.1, 0.15) is 17.1 Å². The Morgan fingerprint density at radius 2 is 1.90 bits per heavy atom. The van der Waals surface area contributed by atoms with Gasteiger partial charge in [0, 0.05) is 11.8 Å². The summed E-state index contributed by atoms with van der Waals surface area (Å²) in [5.41, 5.74) is 0.0652. The van der Waals surface area contributed by atoms with Gasteiger partial charge in [0.05, 0.1) is 4.92 Å². The number of nitrogens with zero attached hydrogens (tertiary/aromatic N) is 2. The lowest BCUT2D eigenvalue weighted by Crippen LogP contribution is -2.42. The quantitative estimate of drug-likeness (QED) is 0.441. The first-order valence-electron chi connectivity index (χ1n) is 8.57. The number of hydrogen-bond acceptors (Lipinski definition) is 5. The SMILES string of the molecule is Cc1ccc([C@]2(C)NC(=O)N(CC(=O)Nc3ccc(Cl)c([N+](=O)[O-])c3)C2=O)cc1. The summed E-state index contributed by atoms with van der Waals surface area (Å²) in [7, 11) is 0. The molecule has 2 N–H and O–H groups in total. The van der Waals surface area contributed by atoms with E-state index in [1.165, 1.54) is 12.1 Å². The van der Waals surface area contributed by atoms with E-state index in [-0.39, 0.29) is 16.4 Å². The molecule has 3 rings (SSSR count). The molecule has 150 valence electrons. The van der Waals surface area contributed by atoms with E-state index in [9.17, 15) is 24.5 Å². The molecule has 1 atom stereocenters. The van der Waals surface area contributed by atoms with E-state index in [1.807, 2.05) is 19.1 Å². The number of carbonyl (C=O) groups excluding carboxylic acids is 3. The summed E-state index contributed by atoms with van der Waals surface area (Å²) in [6.07, 6.45) is 0. The van der Waals surface area contributed by atoms with Crippen molar-refractivity contribution >= 4 is 40.8 Å². The van der Waals surface area contributed by atoms with Crippen LogP contribution in [0.4, 0.5) is 16.2 Å². The molecule has 1 saturated heterocycles. The van der Waals surface area contributed by atoms with Gasteiger partial charge in [0.2, 0.25) is 5.91 Å². The number of rotatable bonds is 5. The highest BCUT2D eigenvalue weighted by atomic mass is 35.5. The molecule has 0 bridgehead atoms. The van der Waals surface area contributed by atoms with E-state index in [1.54, 1.807) is 19.1 Å². The molecule has 4 amide bonds. The predicted octanol–water partition coefficient (Wildman–Crippen LogP) is 2.96. The maximum Gasteiger partial charge on any atom is 0.325 e. The normalized spacial score (nSPS) is 18.5. The van der Waals surface area contributed by atoms with Crippen LogP contribution in [-0.4, -0.2) is 34.2 Å². The minimum absolute atomic E-state index is 0.0732. The molecule has 10 heteroatoms. The highest BCUT2D eigenvalue weighted by Gasteiger charge is 2.49. The van der Waals surface area contributed by atoms with Gasteiger partial charge in [-0.1, -0.05) is 41.4 Å². The largest absolute Gasteiger partial charge is 0.325 e. The van der Waals surface area contributed by atoms with Gasteiger partial charge in [0.15, 0.2) is 0 Å². The second-order valence-corrected chi connectivity index (χ2v) is 7.19. The summed E-state index contributed by atoms with van der Waals surface area (Å²) in [6, 6.07) is 10.2. The smallest absolute Gasteiger partial charge is 0.324 e. The fourth-order valence-corrected chi connectivity index (χ4v) is 3.18. The van der Waals surface area contributed by atoms with E-state index in [4.69, 9.17) is 11.6 Å². The van der Waals surface area contributed by atoms with Crippen molar-refractivity contribution in [2.24, 2.45) is 0 Å². The van der Waals surface area contributed by atoms with Crippen LogP contribution in [0.5, 0.6) is 0 Å². The Kier molecular flexibility index (Phi) is 5.25. The van der Waals surface area contributed by atoms with Crippen molar-refractivity contribution in [3.8, 4) is 0 Å². The number of anilines is 1. The fourth-order valence-electron chi connectivity index (χ4n) is 3.00. The number of nitro benzene ring substituents is 1. The molecule has 2 aromatic carbocycles. The van der Waals surface area contributed by atoms with Gasteiger partial charge >= 0.3 is 6.03 Å². The lowest BCUT2D eigenvalue weighted by Gasteiger charge is -2.22. The van der Waals surface area contributed by atoms with Crippen LogP contribution in [0.15, 0.2) is 42.5 Å². The van der Waals surface area contributed by atoms with Crippen LogP contribution in [0.1, 0.15) is 18.1 Å².